The van der Waals surface area contributed by atoms with Crippen molar-refractivity contribution in [1.29, 1.82) is 0 Å². The van der Waals surface area contributed by atoms with Crippen LogP contribution < -0.4 is 10.0 Å². The molecule has 5 aromatic rings. The van der Waals surface area contributed by atoms with E-state index in [0.717, 1.165) is 50.1 Å². The molecule has 1 spiro atoms. The largest absolute Gasteiger partial charge is 0.292 e. The third kappa shape index (κ3) is 3.97. The third-order valence-electron chi connectivity index (χ3n) is 7.55. The van der Waals surface area contributed by atoms with Gasteiger partial charge in [0.1, 0.15) is 0 Å². The van der Waals surface area contributed by atoms with Gasteiger partial charge in [-0.15, -0.1) is 0 Å². The number of thioether (sulfide) groups is 1. The second-order valence-corrected chi connectivity index (χ2v) is 11.6. The molecule has 0 saturated carbocycles. The fraction of sp³-hybridized carbons (Fsp3) is 0.0882. The maximum Gasteiger partial charge on any atom is 0.234 e. The second-order valence-electron chi connectivity index (χ2n) is 10.0. The highest BCUT2D eigenvalue weighted by Gasteiger charge is 2.56. The van der Waals surface area contributed by atoms with Gasteiger partial charge < -0.3 is 0 Å². The lowest BCUT2D eigenvalue weighted by molar-refractivity contribution is -0.110. The van der Waals surface area contributed by atoms with E-state index in [1.54, 1.807) is 6.92 Å². The van der Waals surface area contributed by atoms with Crippen LogP contribution in [0.3, 0.4) is 0 Å². The SMILES string of the molecule is CC(=O)C1=NN(c2cccc(Cl)c2C)[C@]2(S1)c1ccccc1C(c1cccc3ccccc13)=NN2c1ccccc1. The molecule has 0 unspecified atom stereocenters. The zero-order chi connectivity index (χ0) is 28.1. The van der Waals surface area contributed by atoms with Crippen molar-refractivity contribution in [3.8, 4) is 0 Å². The molecule has 5 nitrogen and oxygen atoms in total. The Morgan fingerprint density at radius 3 is 2.27 bits per heavy atom. The van der Waals surface area contributed by atoms with Crippen LogP contribution in [-0.4, -0.2) is 16.5 Å². The van der Waals surface area contributed by atoms with E-state index in [2.05, 4.69) is 54.6 Å². The van der Waals surface area contributed by atoms with Crippen molar-refractivity contribution in [3.05, 3.63) is 143 Å². The number of hydrazone groups is 2. The first kappa shape index (κ1) is 25.6. The highest BCUT2D eigenvalue weighted by atomic mass is 35.5. The fourth-order valence-electron chi connectivity index (χ4n) is 5.59. The summed E-state index contributed by atoms with van der Waals surface area (Å²) in [6.45, 7) is 3.53. The van der Waals surface area contributed by atoms with E-state index in [-0.39, 0.29) is 5.78 Å². The van der Waals surface area contributed by atoms with Gasteiger partial charge in [-0.25, -0.2) is 10.0 Å². The minimum Gasteiger partial charge on any atom is -0.292 e. The summed E-state index contributed by atoms with van der Waals surface area (Å²) in [6.07, 6.45) is 0. The van der Waals surface area contributed by atoms with Gasteiger partial charge >= 0.3 is 0 Å². The van der Waals surface area contributed by atoms with E-state index >= 15 is 0 Å². The monoisotopic (exact) mass is 572 g/mol. The number of fused-ring (bicyclic) bond motifs is 3. The number of rotatable bonds is 4. The maximum absolute atomic E-state index is 12.9. The van der Waals surface area contributed by atoms with Gasteiger partial charge in [0.15, 0.2) is 10.8 Å². The molecule has 7 rings (SSSR count). The number of ketones is 1. The molecule has 0 bridgehead atoms. The van der Waals surface area contributed by atoms with Crippen LogP contribution >= 0.6 is 23.4 Å². The Morgan fingerprint density at radius 2 is 1.44 bits per heavy atom. The molecule has 0 aromatic heterocycles. The second kappa shape index (κ2) is 9.91. The summed E-state index contributed by atoms with van der Waals surface area (Å²) in [4.78, 5) is 11.9. The van der Waals surface area contributed by atoms with Gasteiger partial charge in [0.25, 0.3) is 0 Å². The molecule has 5 aromatic carbocycles. The van der Waals surface area contributed by atoms with Crippen molar-refractivity contribution in [2.45, 2.75) is 18.8 Å². The molecule has 41 heavy (non-hydrogen) atoms. The quantitative estimate of drug-likeness (QED) is 0.217. The molecule has 0 N–H and O–H groups in total. The molecular formula is C34H25ClN4OS. The van der Waals surface area contributed by atoms with Gasteiger partial charge in [-0.3, -0.25) is 4.79 Å². The molecule has 0 radical (unpaired) electrons. The van der Waals surface area contributed by atoms with Gasteiger partial charge in [0, 0.05) is 28.6 Å². The van der Waals surface area contributed by atoms with E-state index < -0.39 is 4.99 Å². The third-order valence-corrected chi connectivity index (χ3v) is 9.37. The van der Waals surface area contributed by atoms with Gasteiger partial charge in [0.2, 0.25) is 4.99 Å². The smallest absolute Gasteiger partial charge is 0.234 e. The molecule has 0 aliphatic carbocycles. The van der Waals surface area contributed by atoms with E-state index in [1.165, 1.54) is 11.8 Å². The summed E-state index contributed by atoms with van der Waals surface area (Å²) in [5, 5.41) is 17.6. The lowest BCUT2D eigenvalue weighted by atomic mass is 9.90. The molecule has 2 heterocycles. The average Bonchev–Trinajstić information content (AvgIpc) is 3.40. The Labute approximate surface area is 247 Å². The van der Waals surface area contributed by atoms with Gasteiger partial charge in [0.05, 0.1) is 17.1 Å². The van der Waals surface area contributed by atoms with E-state index in [4.69, 9.17) is 21.8 Å². The lowest BCUT2D eigenvalue weighted by Crippen LogP contribution is -2.54. The first-order valence-electron chi connectivity index (χ1n) is 13.3. The number of hydrogen-bond donors (Lipinski definition) is 0. The first-order valence-corrected chi connectivity index (χ1v) is 14.5. The lowest BCUT2D eigenvalue weighted by Gasteiger charge is -2.47. The summed E-state index contributed by atoms with van der Waals surface area (Å²) in [7, 11) is 0. The van der Waals surface area contributed by atoms with Gasteiger partial charge in [-0.1, -0.05) is 103 Å². The fourth-order valence-corrected chi connectivity index (χ4v) is 7.04. The zero-order valence-corrected chi connectivity index (χ0v) is 24.0. The van der Waals surface area contributed by atoms with Crippen molar-refractivity contribution in [2.75, 3.05) is 10.0 Å². The predicted octanol–water partition coefficient (Wildman–Crippen LogP) is 8.34. The standard InChI is InChI=1S/C34H25ClN4OS/c1-22-30(35)20-11-21-31(22)39-34(41-33(37-39)23(2)40)29-19-9-8-17-28(29)32(36-38(34)25-14-4-3-5-15-25)27-18-10-13-24-12-6-7-16-26(24)27/h3-21H,1-2H3/t34-/m0/s1. The van der Waals surface area contributed by atoms with Crippen molar-refractivity contribution < 1.29 is 4.79 Å². The van der Waals surface area contributed by atoms with Crippen LogP contribution in [0.5, 0.6) is 0 Å². The number of hydrogen-bond acceptors (Lipinski definition) is 6. The highest BCUT2D eigenvalue weighted by molar-refractivity contribution is 8.17. The summed E-state index contributed by atoms with van der Waals surface area (Å²) in [5.74, 6) is -0.106. The molecule has 0 fully saturated rings. The topological polar surface area (TPSA) is 48.3 Å². The Hall–Kier alpha value is -4.39. The minimum atomic E-state index is -1.03. The Bertz CT molecular complexity index is 1900. The Balaban J connectivity index is 1.57. The van der Waals surface area contributed by atoms with Crippen LogP contribution in [0.4, 0.5) is 11.4 Å². The molecule has 1 atom stereocenters. The number of anilines is 2. The number of carbonyl (C=O) groups is 1. The Kier molecular flexibility index (Phi) is 6.18. The minimum absolute atomic E-state index is 0.106. The molecular weight excluding hydrogens is 548 g/mol. The van der Waals surface area contributed by atoms with Crippen LogP contribution in [0.1, 0.15) is 29.2 Å². The molecule has 2 aliphatic rings. The van der Waals surface area contributed by atoms with Crippen LogP contribution in [0.15, 0.2) is 125 Å². The van der Waals surface area contributed by atoms with E-state index in [9.17, 15) is 4.79 Å². The molecule has 0 amide bonds. The average molecular weight is 573 g/mol. The number of Topliss-reactive ketones (excluding diaryl/α,β-unsaturated/α-hetero) is 1. The molecule has 7 heteroatoms. The maximum atomic E-state index is 12.9. The van der Waals surface area contributed by atoms with Crippen molar-refractivity contribution in [2.24, 2.45) is 10.2 Å². The summed E-state index contributed by atoms with van der Waals surface area (Å²) < 4.78 is 0. The molecule has 2 aliphatic heterocycles. The highest BCUT2D eigenvalue weighted by Crippen LogP contribution is 2.55. The number of halogens is 1. The van der Waals surface area contributed by atoms with Crippen molar-refractivity contribution in [1.82, 2.24) is 0 Å². The zero-order valence-electron chi connectivity index (χ0n) is 22.5. The van der Waals surface area contributed by atoms with E-state index in [0.29, 0.717) is 10.1 Å². The van der Waals surface area contributed by atoms with E-state index in [1.807, 2.05) is 77.6 Å². The number of carbonyl (C=O) groups excluding carboxylic acids is 1. The predicted molar refractivity (Wildman–Crippen MR) is 171 cm³/mol. The van der Waals surface area contributed by atoms with Crippen LogP contribution in [0.2, 0.25) is 5.02 Å². The van der Waals surface area contributed by atoms with Crippen LogP contribution in [0, 0.1) is 6.92 Å². The summed E-state index contributed by atoms with van der Waals surface area (Å²) in [5.41, 5.74) is 6.40. The normalized spacial score (nSPS) is 17.9. The van der Waals surface area contributed by atoms with Crippen molar-refractivity contribution >= 4 is 62.0 Å². The first-order chi connectivity index (χ1) is 20.0. The Morgan fingerprint density at radius 1 is 0.756 bits per heavy atom. The van der Waals surface area contributed by atoms with Crippen molar-refractivity contribution in [3.63, 3.8) is 0 Å². The van der Waals surface area contributed by atoms with Gasteiger partial charge in [-0.2, -0.15) is 10.2 Å². The number of benzene rings is 5. The van der Waals surface area contributed by atoms with Crippen LogP contribution in [-0.2, 0) is 9.79 Å². The number of nitrogens with zero attached hydrogens (tertiary/aromatic N) is 4. The van der Waals surface area contributed by atoms with Crippen LogP contribution in [0.25, 0.3) is 10.8 Å². The van der Waals surface area contributed by atoms with Gasteiger partial charge in [-0.05, 0) is 59.3 Å². The molecule has 0 saturated heterocycles. The summed E-state index contributed by atoms with van der Waals surface area (Å²) >= 11 is 8.05. The summed E-state index contributed by atoms with van der Waals surface area (Å²) in [6, 6.07) is 38.8. The number of para-hydroxylation sites is 1. The molecule has 200 valence electrons.